The molecule has 1 aliphatic heterocycles. The molecule has 5 nitrogen and oxygen atoms in total. The minimum Gasteiger partial charge on any atom is -0.286 e. The second kappa shape index (κ2) is 8.64. The summed E-state index contributed by atoms with van der Waals surface area (Å²) in [6, 6.07) is 10.9. The fourth-order valence-electron chi connectivity index (χ4n) is 2.39. The summed E-state index contributed by atoms with van der Waals surface area (Å²) in [6.07, 6.45) is 1.42. The third-order valence-corrected chi connectivity index (χ3v) is 7.55. The number of likely N-dealkylation sites (N-methyl/N-ethyl adjacent to an activating group) is 1. The van der Waals surface area contributed by atoms with Crippen molar-refractivity contribution in [2.24, 2.45) is 4.40 Å². The Morgan fingerprint density at radius 2 is 1.93 bits per heavy atom. The van der Waals surface area contributed by atoms with Crippen LogP contribution in [0.4, 0.5) is 4.39 Å². The van der Waals surface area contributed by atoms with Crippen LogP contribution in [0.1, 0.15) is 12.5 Å². The van der Waals surface area contributed by atoms with Gasteiger partial charge in [0.05, 0.1) is 9.80 Å². The summed E-state index contributed by atoms with van der Waals surface area (Å²) in [5.41, 5.74) is 0.260. The summed E-state index contributed by atoms with van der Waals surface area (Å²) in [7, 11) is -3.99. The van der Waals surface area contributed by atoms with Crippen molar-refractivity contribution in [2.75, 3.05) is 6.54 Å². The number of sulfonamides is 1. The lowest BCUT2D eigenvalue weighted by Crippen LogP contribution is -2.29. The van der Waals surface area contributed by atoms with Gasteiger partial charge in [-0.15, -0.1) is 4.40 Å². The Kier molecular flexibility index (Phi) is 6.62. The first-order valence-electron chi connectivity index (χ1n) is 7.99. The van der Waals surface area contributed by atoms with Crippen molar-refractivity contribution < 1.29 is 17.6 Å². The van der Waals surface area contributed by atoms with E-state index in [2.05, 4.69) is 20.3 Å². The molecule has 2 aromatic rings. The number of halogens is 3. The second-order valence-corrected chi connectivity index (χ2v) is 10.3. The summed E-state index contributed by atoms with van der Waals surface area (Å²) >= 11 is 6.04. The highest BCUT2D eigenvalue weighted by molar-refractivity contribution is 14.1. The topological polar surface area (TPSA) is 66.8 Å². The van der Waals surface area contributed by atoms with Gasteiger partial charge in [-0.25, -0.2) is 4.39 Å². The molecule has 0 spiro atoms. The number of amides is 1. The monoisotopic (exact) mass is 594 g/mol. The number of rotatable bonds is 4. The predicted octanol–water partition coefficient (Wildman–Crippen LogP) is 4.87. The number of amidine groups is 1. The molecule has 146 valence electrons. The maximum atomic E-state index is 14.3. The minimum atomic E-state index is -3.99. The molecule has 1 amide bonds. The number of carbonyl (C=O) groups is 1. The van der Waals surface area contributed by atoms with Gasteiger partial charge in [0.2, 0.25) is 0 Å². The van der Waals surface area contributed by atoms with Crippen LogP contribution >= 0.6 is 50.3 Å². The van der Waals surface area contributed by atoms with E-state index in [4.69, 9.17) is 0 Å². The molecule has 3 rings (SSSR count). The molecule has 1 heterocycles. The highest BCUT2D eigenvalue weighted by Crippen LogP contribution is 2.34. The fourth-order valence-corrected chi connectivity index (χ4v) is 5.41. The van der Waals surface area contributed by atoms with Crippen molar-refractivity contribution in [1.29, 1.82) is 0 Å². The minimum absolute atomic E-state index is 0.0217. The number of benzene rings is 2. The lowest BCUT2D eigenvalue weighted by Gasteiger charge is -2.11. The molecule has 1 fully saturated rings. The molecule has 0 bridgehead atoms. The van der Waals surface area contributed by atoms with Gasteiger partial charge in [-0.2, -0.15) is 8.42 Å². The van der Waals surface area contributed by atoms with Gasteiger partial charge in [-0.1, -0.05) is 28.1 Å². The largest absolute Gasteiger partial charge is 0.286 e. The third kappa shape index (κ3) is 4.50. The second-order valence-electron chi connectivity index (χ2n) is 5.61. The molecule has 0 aromatic heterocycles. The summed E-state index contributed by atoms with van der Waals surface area (Å²) in [4.78, 5) is 14.1. The van der Waals surface area contributed by atoms with E-state index in [9.17, 15) is 17.6 Å². The molecule has 1 saturated heterocycles. The zero-order valence-electron chi connectivity index (χ0n) is 14.4. The van der Waals surface area contributed by atoms with E-state index in [1.807, 2.05) is 22.6 Å². The van der Waals surface area contributed by atoms with Crippen molar-refractivity contribution >= 4 is 77.5 Å². The van der Waals surface area contributed by atoms with Crippen molar-refractivity contribution in [3.63, 3.8) is 0 Å². The van der Waals surface area contributed by atoms with Crippen molar-refractivity contribution in [1.82, 2.24) is 4.90 Å². The molecule has 0 aliphatic carbocycles. The van der Waals surface area contributed by atoms with E-state index >= 15 is 0 Å². The average molecular weight is 595 g/mol. The number of hydrogen-bond donors (Lipinski definition) is 0. The maximum Gasteiger partial charge on any atom is 0.284 e. The van der Waals surface area contributed by atoms with Gasteiger partial charge in [0.25, 0.3) is 15.9 Å². The van der Waals surface area contributed by atoms with E-state index < -0.39 is 21.7 Å². The van der Waals surface area contributed by atoms with Gasteiger partial charge in [0, 0.05) is 20.2 Å². The predicted molar refractivity (Wildman–Crippen MR) is 121 cm³/mol. The Bertz CT molecular complexity index is 1100. The first-order chi connectivity index (χ1) is 13.2. The van der Waals surface area contributed by atoms with Crippen molar-refractivity contribution in [3.05, 3.63) is 66.8 Å². The molecule has 0 N–H and O–H groups in total. The molecule has 0 unspecified atom stereocenters. The fraction of sp³-hybridized carbons (Fsp3) is 0.111. The molecular weight excluding hydrogens is 582 g/mol. The molecule has 1 aliphatic rings. The van der Waals surface area contributed by atoms with Crippen LogP contribution in [0.25, 0.3) is 6.08 Å². The Hall–Kier alpha value is -1.24. The number of nitrogens with zero attached hydrogens (tertiary/aromatic N) is 2. The van der Waals surface area contributed by atoms with Crippen LogP contribution in [0.2, 0.25) is 0 Å². The van der Waals surface area contributed by atoms with Crippen LogP contribution in [-0.4, -0.2) is 30.9 Å². The van der Waals surface area contributed by atoms with Crippen LogP contribution in [-0.2, 0) is 14.8 Å². The lowest BCUT2D eigenvalue weighted by atomic mass is 10.2. The van der Waals surface area contributed by atoms with Crippen LogP contribution < -0.4 is 0 Å². The van der Waals surface area contributed by atoms with Crippen LogP contribution in [0.5, 0.6) is 0 Å². The van der Waals surface area contributed by atoms with Gasteiger partial charge in [-0.3, -0.25) is 9.69 Å². The molecular formula is C18H13BrFIN2O3S2. The van der Waals surface area contributed by atoms with Crippen LogP contribution in [0.15, 0.2) is 61.1 Å². The van der Waals surface area contributed by atoms with Crippen molar-refractivity contribution in [3.8, 4) is 0 Å². The Balaban J connectivity index is 1.99. The Labute approximate surface area is 188 Å². The highest BCUT2D eigenvalue weighted by Gasteiger charge is 2.34. The lowest BCUT2D eigenvalue weighted by molar-refractivity contribution is -0.122. The SMILES string of the molecule is CCN1C(=O)/C(=C/c2cccc(I)c2F)SC1=NS(=O)(=O)c1ccc(Br)cc1. The van der Waals surface area contributed by atoms with Crippen LogP contribution in [0, 0.1) is 9.39 Å². The first kappa shape index (κ1) is 21.5. The van der Waals surface area contributed by atoms with E-state index in [1.165, 1.54) is 23.1 Å². The molecule has 0 saturated carbocycles. The first-order valence-corrected chi connectivity index (χ1v) is 12.1. The van der Waals surface area contributed by atoms with E-state index in [0.29, 0.717) is 3.57 Å². The number of hydrogen-bond acceptors (Lipinski definition) is 4. The Morgan fingerprint density at radius 3 is 2.57 bits per heavy atom. The average Bonchev–Trinajstić information content (AvgIpc) is 2.93. The third-order valence-electron chi connectivity index (χ3n) is 3.78. The zero-order valence-corrected chi connectivity index (χ0v) is 19.8. The number of thioether (sulfide) groups is 1. The Morgan fingerprint density at radius 1 is 1.25 bits per heavy atom. The molecule has 2 aromatic carbocycles. The normalized spacial score (nSPS) is 17.7. The van der Waals surface area contributed by atoms with Gasteiger partial charge in [0.1, 0.15) is 5.82 Å². The maximum absolute atomic E-state index is 14.3. The highest BCUT2D eigenvalue weighted by atomic mass is 127. The van der Waals surface area contributed by atoms with Gasteiger partial charge >= 0.3 is 0 Å². The molecule has 0 radical (unpaired) electrons. The number of carbonyl (C=O) groups excluding carboxylic acids is 1. The molecule has 0 atom stereocenters. The zero-order chi connectivity index (χ0) is 20.5. The van der Waals surface area contributed by atoms with Gasteiger partial charge in [-0.05, 0) is 77.7 Å². The smallest absolute Gasteiger partial charge is 0.284 e. The van der Waals surface area contributed by atoms with Gasteiger partial charge in [0.15, 0.2) is 5.17 Å². The molecule has 10 heteroatoms. The van der Waals surface area contributed by atoms with E-state index in [0.717, 1.165) is 16.2 Å². The summed E-state index contributed by atoms with van der Waals surface area (Å²) < 4.78 is 44.5. The summed E-state index contributed by atoms with van der Waals surface area (Å²) in [6.45, 7) is 1.96. The van der Waals surface area contributed by atoms with Crippen LogP contribution in [0.3, 0.4) is 0 Å². The molecule has 28 heavy (non-hydrogen) atoms. The van der Waals surface area contributed by atoms with Crippen molar-refractivity contribution in [2.45, 2.75) is 11.8 Å². The standard InChI is InChI=1S/C18H13BrFIN2O3S2/c1-2-23-17(24)15(10-11-4-3-5-14(21)16(11)20)27-18(23)22-28(25,26)13-8-6-12(19)7-9-13/h3-10H,2H2,1H3/b15-10-,22-18?. The van der Waals surface area contributed by atoms with Gasteiger partial charge < -0.3 is 0 Å². The van der Waals surface area contributed by atoms with E-state index in [1.54, 1.807) is 37.3 Å². The summed E-state index contributed by atoms with van der Waals surface area (Å²) in [5.74, 6) is -0.838. The summed E-state index contributed by atoms with van der Waals surface area (Å²) in [5, 5.41) is 0.0488. The van der Waals surface area contributed by atoms with E-state index in [-0.39, 0.29) is 27.1 Å². The quantitative estimate of drug-likeness (QED) is 0.374.